The molecule has 3 aromatic rings. The second-order valence-corrected chi connectivity index (χ2v) is 7.26. The lowest BCUT2D eigenvalue weighted by molar-refractivity contribution is -0.384. The number of aromatic nitrogens is 2. The Bertz CT molecular complexity index is 1100. The van der Waals surface area contributed by atoms with Crippen LogP contribution in [0.1, 0.15) is 23.7 Å². The van der Waals surface area contributed by atoms with Crippen LogP contribution in [0.4, 0.5) is 17.3 Å². The van der Waals surface area contributed by atoms with Gasteiger partial charge in [0.05, 0.1) is 22.6 Å². The molecule has 31 heavy (non-hydrogen) atoms. The standard InChI is InChI=1S/C22H23N5O4/c1-2-31-22(28)17-5-8-20(23-15-17)25-10-3-11-26(13-12-25)21-9-4-16-14-18(27(29)30)6-7-19(16)24-21/h4-9,14-15H,2-3,10-13H2,1H3. The van der Waals surface area contributed by atoms with E-state index in [0.717, 1.165) is 55.1 Å². The molecule has 9 nitrogen and oxygen atoms in total. The molecule has 0 N–H and O–H groups in total. The summed E-state index contributed by atoms with van der Waals surface area (Å²) in [6.45, 7) is 5.35. The molecule has 1 aromatic carbocycles. The van der Waals surface area contributed by atoms with Gasteiger partial charge < -0.3 is 14.5 Å². The molecule has 0 radical (unpaired) electrons. The number of hydrogen-bond acceptors (Lipinski definition) is 8. The molecule has 0 spiro atoms. The van der Waals surface area contributed by atoms with Crippen LogP contribution in [0.25, 0.3) is 10.9 Å². The monoisotopic (exact) mass is 421 g/mol. The van der Waals surface area contributed by atoms with Crippen LogP contribution in [0, 0.1) is 10.1 Å². The predicted molar refractivity (Wildman–Crippen MR) is 118 cm³/mol. The Kier molecular flexibility index (Phi) is 5.92. The van der Waals surface area contributed by atoms with Gasteiger partial charge in [-0.2, -0.15) is 0 Å². The summed E-state index contributed by atoms with van der Waals surface area (Å²) in [7, 11) is 0. The van der Waals surface area contributed by atoms with E-state index >= 15 is 0 Å². The first kappa shape index (κ1) is 20.5. The summed E-state index contributed by atoms with van der Waals surface area (Å²) in [4.78, 5) is 35.9. The van der Waals surface area contributed by atoms with E-state index in [1.54, 1.807) is 31.3 Å². The average Bonchev–Trinajstić information content (AvgIpc) is 3.05. The minimum Gasteiger partial charge on any atom is -0.462 e. The zero-order valence-corrected chi connectivity index (χ0v) is 17.2. The number of pyridine rings is 2. The third-order valence-electron chi connectivity index (χ3n) is 5.27. The molecule has 1 aliphatic heterocycles. The Morgan fingerprint density at radius 1 is 1.06 bits per heavy atom. The van der Waals surface area contributed by atoms with Crippen molar-refractivity contribution < 1.29 is 14.5 Å². The Morgan fingerprint density at radius 2 is 1.81 bits per heavy atom. The van der Waals surface area contributed by atoms with E-state index in [0.29, 0.717) is 12.2 Å². The van der Waals surface area contributed by atoms with E-state index < -0.39 is 4.92 Å². The van der Waals surface area contributed by atoms with E-state index in [2.05, 4.69) is 14.8 Å². The fraction of sp³-hybridized carbons (Fsp3) is 0.318. The molecule has 160 valence electrons. The molecule has 9 heteroatoms. The van der Waals surface area contributed by atoms with Crippen molar-refractivity contribution in [2.24, 2.45) is 0 Å². The number of nitro benzene ring substituents is 1. The molecule has 4 rings (SSSR count). The largest absolute Gasteiger partial charge is 0.462 e. The maximum absolute atomic E-state index is 11.8. The van der Waals surface area contributed by atoms with Gasteiger partial charge in [0.25, 0.3) is 5.69 Å². The lowest BCUT2D eigenvalue weighted by atomic mass is 10.2. The fourth-order valence-electron chi connectivity index (χ4n) is 3.68. The fourth-order valence-corrected chi connectivity index (χ4v) is 3.68. The Hall–Kier alpha value is -3.75. The number of anilines is 2. The van der Waals surface area contributed by atoms with Gasteiger partial charge in [-0.15, -0.1) is 0 Å². The number of benzene rings is 1. The first-order valence-corrected chi connectivity index (χ1v) is 10.2. The highest BCUT2D eigenvalue weighted by Crippen LogP contribution is 2.24. The number of non-ortho nitro benzene ring substituents is 1. The molecule has 1 saturated heterocycles. The van der Waals surface area contributed by atoms with Gasteiger partial charge in [-0.3, -0.25) is 10.1 Å². The van der Waals surface area contributed by atoms with Gasteiger partial charge in [0.1, 0.15) is 11.6 Å². The van der Waals surface area contributed by atoms with Crippen LogP contribution in [0.3, 0.4) is 0 Å². The van der Waals surface area contributed by atoms with Crippen LogP contribution in [0.5, 0.6) is 0 Å². The van der Waals surface area contributed by atoms with Crippen molar-refractivity contribution in [2.45, 2.75) is 13.3 Å². The molecule has 3 heterocycles. The second kappa shape index (κ2) is 8.95. The normalized spacial score (nSPS) is 14.4. The van der Waals surface area contributed by atoms with Gasteiger partial charge in [0.2, 0.25) is 0 Å². The first-order chi connectivity index (χ1) is 15.0. The van der Waals surface area contributed by atoms with E-state index in [-0.39, 0.29) is 11.7 Å². The molecule has 1 aliphatic rings. The number of rotatable bonds is 5. The minimum absolute atomic E-state index is 0.0638. The second-order valence-electron chi connectivity index (χ2n) is 7.26. The van der Waals surface area contributed by atoms with Crippen LogP contribution in [0.2, 0.25) is 0 Å². The molecule has 2 aromatic heterocycles. The molecule has 0 saturated carbocycles. The van der Waals surface area contributed by atoms with Crippen LogP contribution in [-0.2, 0) is 4.74 Å². The van der Waals surface area contributed by atoms with Crippen molar-refractivity contribution in [1.29, 1.82) is 0 Å². The summed E-state index contributed by atoms with van der Waals surface area (Å²) in [5.74, 6) is 1.32. The summed E-state index contributed by atoms with van der Waals surface area (Å²) in [5, 5.41) is 11.7. The van der Waals surface area contributed by atoms with Crippen LogP contribution in [-0.4, -0.2) is 53.6 Å². The lowest BCUT2D eigenvalue weighted by Crippen LogP contribution is -2.31. The van der Waals surface area contributed by atoms with Gasteiger partial charge in [0.15, 0.2) is 0 Å². The van der Waals surface area contributed by atoms with E-state index in [1.165, 1.54) is 6.07 Å². The van der Waals surface area contributed by atoms with Crippen LogP contribution in [0.15, 0.2) is 48.7 Å². The van der Waals surface area contributed by atoms with E-state index in [9.17, 15) is 14.9 Å². The van der Waals surface area contributed by atoms with Crippen LogP contribution < -0.4 is 9.80 Å². The first-order valence-electron chi connectivity index (χ1n) is 10.2. The van der Waals surface area contributed by atoms with Gasteiger partial charge in [-0.05, 0) is 43.7 Å². The molecule has 0 bridgehead atoms. The van der Waals surface area contributed by atoms with E-state index in [1.807, 2.05) is 18.2 Å². The predicted octanol–water partition coefficient (Wildman–Crippen LogP) is 3.43. The van der Waals surface area contributed by atoms with E-state index in [4.69, 9.17) is 9.72 Å². The third kappa shape index (κ3) is 4.55. The SMILES string of the molecule is CCOC(=O)c1ccc(N2CCCN(c3ccc4cc([N+](=O)[O-])ccc4n3)CC2)nc1. The smallest absolute Gasteiger partial charge is 0.339 e. The Morgan fingerprint density at radius 3 is 2.48 bits per heavy atom. The number of fused-ring (bicyclic) bond motifs is 1. The Balaban J connectivity index is 1.45. The number of hydrogen-bond donors (Lipinski definition) is 0. The third-order valence-corrected chi connectivity index (χ3v) is 5.27. The number of carbonyl (C=O) groups is 1. The maximum atomic E-state index is 11.8. The van der Waals surface area contributed by atoms with Gasteiger partial charge in [-0.1, -0.05) is 0 Å². The number of ether oxygens (including phenoxy) is 1. The molecule has 0 aliphatic carbocycles. The number of esters is 1. The summed E-state index contributed by atoms with van der Waals surface area (Å²) in [5.41, 5.74) is 1.25. The molecule has 0 atom stereocenters. The Labute approximate surface area is 179 Å². The van der Waals surface area contributed by atoms with Crippen molar-refractivity contribution >= 4 is 34.2 Å². The van der Waals surface area contributed by atoms with Crippen LogP contribution >= 0.6 is 0 Å². The van der Waals surface area contributed by atoms with Gasteiger partial charge >= 0.3 is 5.97 Å². The highest BCUT2D eigenvalue weighted by molar-refractivity contribution is 5.89. The summed E-state index contributed by atoms with van der Waals surface area (Å²) < 4.78 is 5.01. The van der Waals surface area contributed by atoms with Crippen molar-refractivity contribution in [3.05, 3.63) is 64.3 Å². The average molecular weight is 421 g/mol. The summed E-state index contributed by atoms with van der Waals surface area (Å²) >= 11 is 0. The number of carbonyl (C=O) groups excluding carboxylic acids is 1. The van der Waals surface area contributed by atoms with Gasteiger partial charge in [-0.25, -0.2) is 14.8 Å². The zero-order valence-electron chi connectivity index (χ0n) is 17.2. The quantitative estimate of drug-likeness (QED) is 0.351. The molecule has 0 amide bonds. The maximum Gasteiger partial charge on any atom is 0.339 e. The van der Waals surface area contributed by atoms with Crippen molar-refractivity contribution in [3.8, 4) is 0 Å². The highest BCUT2D eigenvalue weighted by atomic mass is 16.6. The topological polar surface area (TPSA) is 102 Å². The summed E-state index contributed by atoms with van der Waals surface area (Å²) in [6.07, 6.45) is 2.49. The van der Waals surface area contributed by atoms with Gasteiger partial charge in [0, 0.05) is 49.9 Å². The molecular weight excluding hydrogens is 398 g/mol. The molecule has 1 fully saturated rings. The van der Waals surface area contributed by atoms with Crippen molar-refractivity contribution in [2.75, 3.05) is 42.6 Å². The molecular formula is C22H23N5O4. The number of nitro groups is 1. The molecule has 0 unspecified atom stereocenters. The lowest BCUT2D eigenvalue weighted by Gasteiger charge is -2.23. The van der Waals surface area contributed by atoms with Crippen molar-refractivity contribution in [1.82, 2.24) is 9.97 Å². The van der Waals surface area contributed by atoms with Crippen molar-refractivity contribution in [3.63, 3.8) is 0 Å². The minimum atomic E-state index is -0.399. The number of nitrogens with zero attached hydrogens (tertiary/aromatic N) is 5. The highest BCUT2D eigenvalue weighted by Gasteiger charge is 2.18. The summed E-state index contributed by atoms with van der Waals surface area (Å²) in [6, 6.07) is 12.1. The zero-order chi connectivity index (χ0) is 21.8.